The maximum absolute atomic E-state index is 6.25. The number of hydrogen-bond donors (Lipinski definition) is 0. The molecule has 0 unspecified atom stereocenters. The topological polar surface area (TPSA) is 40.2 Å². The molecule has 0 N–H and O–H groups in total. The summed E-state index contributed by atoms with van der Waals surface area (Å²) in [6.45, 7) is 2.90. The minimum atomic E-state index is -0.0115. The largest absolute Gasteiger partial charge is 0.497 e. The Hall–Kier alpha value is -1.30. The number of rotatable bonds is 8. The second kappa shape index (κ2) is 7.98. The first-order chi connectivity index (χ1) is 13.2. The van der Waals surface area contributed by atoms with Crippen LogP contribution in [-0.2, 0) is 16.0 Å². The van der Waals surface area contributed by atoms with Crippen LogP contribution in [0, 0.1) is 5.92 Å². The molecule has 150 valence electrons. The minimum Gasteiger partial charge on any atom is -0.497 e. The van der Waals surface area contributed by atoms with Gasteiger partial charge in [-0.25, -0.2) is 0 Å². The van der Waals surface area contributed by atoms with Gasteiger partial charge in [0, 0.05) is 38.9 Å². The van der Waals surface area contributed by atoms with Crippen LogP contribution >= 0.6 is 0 Å². The molecule has 4 rings (SSSR count). The third-order valence-corrected chi connectivity index (χ3v) is 6.71. The van der Waals surface area contributed by atoms with E-state index in [0.717, 1.165) is 62.8 Å². The molecule has 1 aromatic carbocycles. The van der Waals surface area contributed by atoms with Crippen molar-refractivity contribution in [2.24, 2.45) is 5.92 Å². The molecule has 0 bridgehead atoms. The van der Waals surface area contributed by atoms with Gasteiger partial charge in [0.1, 0.15) is 11.5 Å². The lowest BCUT2D eigenvalue weighted by Gasteiger charge is -2.43. The van der Waals surface area contributed by atoms with E-state index in [9.17, 15) is 0 Å². The SMILES string of the molecule is COc1cc(CN2CC[C@]3(OC)CC[C@H](OCC4CC4)C[C@H]23)cc(OC)c1. The van der Waals surface area contributed by atoms with E-state index in [0.29, 0.717) is 12.1 Å². The second-order valence-electron chi connectivity index (χ2n) is 8.40. The number of likely N-dealkylation sites (tertiary alicyclic amines) is 1. The van der Waals surface area contributed by atoms with Crippen LogP contribution in [0.15, 0.2) is 18.2 Å². The Morgan fingerprint density at radius 2 is 1.74 bits per heavy atom. The molecular weight excluding hydrogens is 342 g/mol. The van der Waals surface area contributed by atoms with Gasteiger partial charge in [0.15, 0.2) is 0 Å². The highest BCUT2D eigenvalue weighted by Gasteiger charge is 2.51. The van der Waals surface area contributed by atoms with Gasteiger partial charge in [0.25, 0.3) is 0 Å². The van der Waals surface area contributed by atoms with E-state index in [1.165, 1.54) is 18.4 Å². The van der Waals surface area contributed by atoms with Gasteiger partial charge in [-0.3, -0.25) is 4.90 Å². The van der Waals surface area contributed by atoms with Crippen molar-refractivity contribution in [3.05, 3.63) is 23.8 Å². The summed E-state index contributed by atoms with van der Waals surface area (Å²) in [6, 6.07) is 6.56. The Kier molecular flexibility index (Phi) is 5.62. The van der Waals surface area contributed by atoms with E-state index >= 15 is 0 Å². The van der Waals surface area contributed by atoms with E-state index in [2.05, 4.69) is 17.0 Å². The van der Waals surface area contributed by atoms with E-state index in [-0.39, 0.29) is 5.60 Å². The first kappa shape index (κ1) is 19.0. The highest BCUT2D eigenvalue weighted by molar-refractivity contribution is 5.38. The standard InChI is InChI=1S/C22H33NO4/c1-24-19-10-17(11-20(12-19)25-2)14-23-9-8-22(26-3)7-6-18(13-21(22)23)27-15-16-4-5-16/h10-12,16,18,21H,4-9,13-15H2,1-3H3/t18-,21-,22+/m0/s1. The van der Waals surface area contributed by atoms with Gasteiger partial charge in [0.05, 0.1) is 25.9 Å². The van der Waals surface area contributed by atoms with Crippen molar-refractivity contribution in [3.8, 4) is 11.5 Å². The molecule has 3 fully saturated rings. The molecule has 1 aliphatic heterocycles. The number of hydrogen-bond acceptors (Lipinski definition) is 5. The molecule has 27 heavy (non-hydrogen) atoms. The molecule has 1 saturated heterocycles. The summed E-state index contributed by atoms with van der Waals surface area (Å²) in [5, 5.41) is 0. The second-order valence-corrected chi connectivity index (χ2v) is 8.40. The Bertz CT molecular complexity index is 625. The molecule has 0 radical (unpaired) electrons. The molecule has 0 aromatic heterocycles. The monoisotopic (exact) mass is 375 g/mol. The van der Waals surface area contributed by atoms with Gasteiger partial charge >= 0.3 is 0 Å². The Labute approximate surface area is 162 Å². The van der Waals surface area contributed by atoms with Crippen molar-refractivity contribution in [2.75, 3.05) is 34.5 Å². The van der Waals surface area contributed by atoms with Crippen LogP contribution in [0.4, 0.5) is 0 Å². The molecule has 3 aliphatic rings. The Morgan fingerprint density at radius 1 is 1.00 bits per heavy atom. The fourth-order valence-electron chi connectivity index (χ4n) is 4.85. The van der Waals surface area contributed by atoms with Crippen molar-refractivity contribution in [1.82, 2.24) is 4.90 Å². The van der Waals surface area contributed by atoms with Gasteiger partial charge in [-0.2, -0.15) is 0 Å². The number of nitrogens with zero attached hydrogens (tertiary/aromatic N) is 1. The number of benzene rings is 1. The summed E-state index contributed by atoms with van der Waals surface area (Å²) in [7, 11) is 5.29. The molecule has 5 heteroatoms. The lowest BCUT2D eigenvalue weighted by Crippen LogP contribution is -2.51. The van der Waals surface area contributed by atoms with Gasteiger partial charge < -0.3 is 18.9 Å². The predicted octanol–water partition coefficient (Wildman–Crippen LogP) is 3.64. The van der Waals surface area contributed by atoms with Crippen LogP contribution in [0.1, 0.15) is 44.1 Å². The molecule has 1 heterocycles. The first-order valence-corrected chi connectivity index (χ1v) is 10.3. The van der Waals surface area contributed by atoms with Crippen LogP contribution in [0.3, 0.4) is 0 Å². The van der Waals surface area contributed by atoms with Crippen molar-refractivity contribution in [1.29, 1.82) is 0 Å². The van der Waals surface area contributed by atoms with Crippen molar-refractivity contribution in [2.45, 2.75) is 62.8 Å². The summed E-state index contributed by atoms with van der Waals surface area (Å²) < 4.78 is 23.2. The molecule has 2 aliphatic carbocycles. The first-order valence-electron chi connectivity index (χ1n) is 10.3. The third-order valence-electron chi connectivity index (χ3n) is 6.71. The maximum Gasteiger partial charge on any atom is 0.122 e. The molecule has 2 saturated carbocycles. The highest BCUT2D eigenvalue weighted by atomic mass is 16.5. The number of fused-ring (bicyclic) bond motifs is 1. The van der Waals surface area contributed by atoms with E-state index in [1.807, 2.05) is 13.2 Å². The fourth-order valence-corrected chi connectivity index (χ4v) is 4.85. The average molecular weight is 376 g/mol. The van der Waals surface area contributed by atoms with Crippen molar-refractivity contribution in [3.63, 3.8) is 0 Å². The minimum absolute atomic E-state index is 0.0115. The average Bonchev–Trinajstić information content (AvgIpc) is 3.48. The van der Waals surface area contributed by atoms with Gasteiger partial charge in [-0.05, 0) is 62.1 Å². The van der Waals surface area contributed by atoms with E-state index in [4.69, 9.17) is 18.9 Å². The van der Waals surface area contributed by atoms with E-state index in [1.54, 1.807) is 14.2 Å². The number of methoxy groups -OCH3 is 3. The summed E-state index contributed by atoms with van der Waals surface area (Å²) in [6.07, 6.45) is 7.47. The molecule has 5 nitrogen and oxygen atoms in total. The van der Waals surface area contributed by atoms with Gasteiger partial charge in [-0.15, -0.1) is 0 Å². The van der Waals surface area contributed by atoms with Crippen LogP contribution < -0.4 is 9.47 Å². The van der Waals surface area contributed by atoms with Gasteiger partial charge in [0.2, 0.25) is 0 Å². The maximum atomic E-state index is 6.25. The molecule has 0 amide bonds. The molecular formula is C22H33NO4. The van der Waals surface area contributed by atoms with Crippen molar-refractivity contribution < 1.29 is 18.9 Å². The molecule has 3 atom stereocenters. The summed E-state index contributed by atoms with van der Waals surface area (Å²) in [5.41, 5.74) is 1.21. The van der Waals surface area contributed by atoms with Crippen LogP contribution in [0.25, 0.3) is 0 Å². The lowest BCUT2D eigenvalue weighted by molar-refractivity contribution is -0.103. The zero-order chi connectivity index (χ0) is 18.9. The van der Waals surface area contributed by atoms with Crippen LogP contribution in [0.5, 0.6) is 11.5 Å². The van der Waals surface area contributed by atoms with Gasteiger partial charge in [-0.1, -0.05) is 0 Å². The van der Waals surface area contributed by atoms with Crippen LogP contribution in [0.2, 0.25) is 0 Å². The smallest absolute Gasteiger partial charge is 0.122 e. The van der Waals surface area contributed by atoms with Crippen LogP contribution in [-0.4, -0.2) is 57.1 Å². The van der Waals surface area contributed by atoms with E-state index < -0.39 is 0 Å². The molecule has 1 aromatic rings. The highest BCUT2D eigenvalue weighted by Crippen LogP contribution is 2.44. The summed E-state index contributed by atoms with van der Waals surface area (Å²) in [5.74, 6) is 2.51. The zero-order valence-electron chi connectivity index (χ0n) is 16.9. The fraction of sp³-hybridized carbons (Fsp3) is 0.727. The molecule has 0 spiro atoms. The Morgan fingerprint density at radius 3 is 2.37 bits per heavy atom. The number of ether oxygens (including phenoxy) is 4. The summed E-state index contributed by atoms with van der Waals surface area (Å²) in [4.78, 5) is 2.57. The third kappa shape index (κ3) is 4.10. The normalized spacial score (nSPS) is 30.9. The summed E-state index contributed by atoms with van der Waals surface area (Å²) >= 11 is 0. The quantitative estimate of drug-likeness (QED) is 0.694. The van der Waals surface area contributed by atoms with Crippen molar-refractivity contribution >= 4 is 0 Å². The predicted molar refractivity (Wildman–Crippen MR) is 104 cm³/mol. The Balaban J connectivity index is 1.47. The lowest BCUT2D eigenvalue weighted by atomic mass is 9.79. The zero-order valence-corrected chi connectivity index (χ0v) is 16.9.